The third kappa shape index (κ3) is 5.27. The number of hydrogen-bond acceptors (Lipinski definition) is 5. The zero-order valence-electron chi connectivity index (χ0n) is 20.3. The molecular weight excluding hydrogens is 448 g/mol. The Hall–Kier alpha value is -2.47. The number of fused-ring (bicyclic) bond motifs is 1. The molecule has 1 fully saturated rings. The number of piperazine rings is 1. The second-order valence-electron chi connectivity index (χ2n) is 8.94. The standard InChI is InChI=1S/C28H35ClN2O3/c1-4-5-6-25(31-17-15-30(16-18-31)22-9-11-23(33-2)12-10-22)28(32)21-7-13-24-20(19-21)8-14-26(34-3)27(24)29/h7-14,19,25,28,32H,4-6,15-18H2,1-3H3/t25-,28+/m1/s1. The largest absolute Gasteiger partial charge is 0.497 e. The van der Waals surface area contributed by atoms with Crippen LogP contribution in [0.15, 0.2) is 54.6 Å². The number of aliphatic hydroxyl groups excluding tert-OH is 1. The van der Waals surface area contributed by atoms with Crippen molar-refractivity contribution in [3.05, 3.63) is 65.2 Å². The molecule has 1 aliphatic rings. The van der Waals surface area contributed by atoms with Crippen LogP contribution in [0.3, 0.4) is 0 Å². The topological polar surface area (TPSA) is 45.2 Å². The molecule has 0 aliphatic carbocycles. The number of hydrogen-bond donors (Lipinski definition) is 1. The summed E-state index contributed by atoms with van der Waals surface area (Å²) in [5.41, 5.74) is 2.15. The van der Waals surface area contributed by atoms with Crippen LogP contribution in [0.25, 0.3) is 10.8 Å². The molecule has 2 atom stereocenters. The van der Waals surface area contributed by atoms with Gasteiger partial charge in [0.1, 0.15) is 11.5 Å². The molecule has 3 aromatic carbocycles. The van der Waals surface area contributed by atoms with E-state index in [2.05, 4.69) is 34.9 Å². The molecule has 1 N–H and O–H groups in total. The van der Waals surface area contributed by atoms with Crippen LogP contribution in [0.2, 0.25) is 5.02 Å². The van der Waals surface area contributed by atoms with Crippen molar-refractivity contribution in [1.29, 1.82) is 0 Å². The smallest absolute Gasteiger partial charge is 0.138 e. The second kappa shape index (κ2) is 11.3. The van der Waals surface area contributed by atoms with E-state index in [4.69, 9.17) is 21.1 Å². The molecule has 4 rings (SSSR count). The molecule has 0 amide bonds. The highest BCUT2D eigenvalue weighted by Crippen LogP contribution is 2.35. The number of anilines is 1. The van der Waals surface area contributed by atoms with Crippen LogP contribution in [-0.4, -0.2) is 56.4 Å². The van der Waals surface area contributed by atoms with Gasteiger partial charge in [0.2, 0.25) is 0 Å². The monoisotopic (exact) mass is 482 g/mol. The first-order valence-electron chi connectivity index (χ1n) is 12.1. The second-order valence-corrected chi connectivity index (χ2v) is 9.32. The van der Waals surface area contributed by atoms with Crippen LogP contribution >= 0.6 is 11.6 Å². The van der Waals surface area contributed by atoms with Crippen molar-refractivity contribution in [2.45, 2.75) is 38.3 Å². The summed E-state index contributed by atoms with van der Waals surface area (Å²) in [7, 11) is 3.31. The molecule has 1 heterocycles. The number of halogens is 1. The van der Waals surface area contributed by atoms with Crippen LogP contribution in [-0.2, 0) is 0 Å². The van der Waals surface area contributed by atoms with Gasteiger partial charge in [-0.3, -0.25) is 4.90 Å². The minimum Gasteiger partial charge on any atom is -0.497 e. The van der Waals surface area contributed by atoms with Crippen molar-refractivity contribution in [3.8, 4) is 11.5 Å². The molecule has 0 saturated carbocycles. The van der Waals surface area contributed by atoms with Gasteiger partial charge in [0.15, 0.2) is 0 Å². The molecule has 6 heteroatoms. The molecule has 1 saturated heterocycles. The van der Waals surface area contributed by atoms with Crippen molar-refractivity contribution in [2.75, 3.05) is 45.3 Å². The summed E-state index contributed by atoms with van der Waals surface area (Å²) in [5.74, 6) is 1.54. The molecule has 5 nitrogen and oxygen atoms in total. The maximum atomic E-state index is 11.5. The maximum absolute atomic E-state index is 11.5. The molecule has 1 aliphatic heterocycles. The van der Waals surface area contributed by atoms with Gasteiger partial charge in [-0.2, -0.15) is 0 Å². The molecule has 0 aromatic heterocycles. The summed E-state index contributed by atoms with van der Waals surface area (Å²) in [6, 6.07) is 18.3. The SMILES string of the molecule is CCCC[C@H]([C@@H](O)c1ccc2c(Cl)c(OC)ccc2c1)N1CCN(c2ccc(OC)cc2)CC1. The predicted molar refractivity (Wildman–Crippen MR) is 141 cm³/mol. The number of aliphatic hydroxyl groups is 1. The quantitative estimate of drug-likeness (QED) is 0.410. The Morgan fingerprint density at radius 2 is 1.68 bits per heavy atom. The van der Waals surface area contributed by atoms with Gasteiger partial charge in [-0.25, -0.2) is 0 Å². The lowest BCUT2D eigenvalue weighted by Crippen LogP contribution is -2.52. The Morgan fingerprint density at radius 1 is 0.941 bits per heavy atom. The van der Waals surface area contributed by atoms with Crippen LogP contribution in [0, 0.1) is 0 Å². The number of benzene rings is 3. The van der Waals surface area contributed by atoms with Gasteiger partial charge in [-0.05, 0) is 53.8 Å². The first-order chi connectivity index (χ1) is 16.5. The molecule has 0 unspecified atom stereocenters. The van der Waals surface area contributed by atoms with Crippen LogP contribution < -0.4 is 14.4 Å². The van der Waals surface area contributed by atoms with Crippen molar-refractivity contribution in [3.63, 3.8) is 0 Å². The lowest BCUT2D eigenvalue weighted by Gasteiger charge is -2.42. The fourth-order valence-corrected chi connectivity index (χ4v) is 5.22. The Morgan fingerprint density at radius 3 is 2.32 bits per heavy atom. The Labute approximate surface area is 207 Å². The van der Waals surface area contributed by atoms with Crippen LogP contribution in [0.4, 0.5) is 5.69 Å². The summed E-state index contributed by atoms with van der Waals surface area (Å²) in [6.45, 7) is 5.93. The highest BCUT2D eigenvalue weighted by atomic mass is 35.5. The summed E-state index contributed by atoms with van der Waals surface area (Å²) in [6.07, 6.45) is 2.63. The molecular formula is C28H35ClN2O3. The first kappa shape index (κ1) is 24.6. The molecule has 182 valence electrons. The number of rotatable bonds is 9. The summed E-state index contributed by atoms with van der Waals surface area (Å²) < 4.78 is 10.6. The van der Waals surface area contributed by atoms with Gasteiger partial charge < -0.3 is 19.5 Å². The number of ether oxygens (including phenoxy) is 2. The van der Waals surface area contributed by atoms with Gasteiger partial charge in [0, 0.05) is 43.3 Å². The maximum Gasteiger partial charge on any atom is 0.138 e. The average molecular weight is 483 g/mol. The van der Waals surface area contributed by atoms with E-state index in [-0.39, 0.29) is 6.04 Å². The van der Waals surface area contributed by atoms with E-state index in [0.29, 0.717) is 10.8 Å². The predicted octanol–water partition coefficient (Wildman–Crippen LogP) is 5.92. The lowest BCUT2D eigenvalue weighted by molar-refractivity contribution is 0.0386. The fraction of sp³-hybridized carbons (Fsp3) is 0.429. The number of methoxy groups -OCH3 is 2. The van der Waals surface area contributed by atoms with E-state index in [1.807, 2.05) is 36.4 Å². The summed E-state index contributed by atoms with van der Waals surface area (Å²) in [4.78, 5) is 4.87. The molecule has 0 spiro atoms. The number of nitrogens with zero attached hydrogens (tertiary/aromatic N) is 2. The van der Waals surface area contributed by atoms with E-state index in [1.165, 1.54) is 5.69 Å². The Balaban J connectivity index is 1.50. The van der Waals surface area contributed by atoms with E-state index >= 15 is 0 Å². The normalized spacial score (nSPS) is 16.4. The third-order valence-electron chi connectivity index (χ3n) is 6.94. The highest BCUT2D eigenvalue weighted by Gasteiger charge is 2.30. The van der Waals surface area contributed by atoms with E-state index < -0.39 is 6.10 Å². The number of unbranched alkanes of at least 4 members (excludes halogenated alkanes) is 1. The van der Waals surface area contributed by atoms with Gasteiger partial charge in [-0.15, -0.1) is 0 Å². The van der Waals surface area contributed by atoms with Crippen molar-refractivity contribution in [1.82, 2.24) is 4.90 Å². The fourth-order valence-electron chi connectivity index (χ4n) is 4.91. The van der Waals surface area contributed by atoms with Gasteiger partial charge in [0.05, 0.1) is 25.3 Å². The molecule has 3 aromatic rings. The Kier molecular flexibility index (Phi) is 8.19. The van der Waals surface area contributed by atoms with Crippen molar-refractivity contribution >= 4 is 28.1 Å². The zero-order valence-corrected chi connectivity index (χ0v) is 21.1. The van der Waals surface area contributed by atoms with Crippen molar-refractivity contribution < 1.29 is 14.6 Å². The minimum absolute atomic E-state index is 0.0872. The highest BCUT2D eigenvalue weighted by molar-refractivity contribution is 6.37. The van der Waals surface area contributed by atoms with Crippen LogP contribution in [0.5, 0.6) is 11.5 Å². The van der Waals surface area contributed by atoms with Crippen LogP contribution in [0.1, 0.15) is 37.9 Å². The zero-order chi connectivity index (χ0) is 24.1. The molecule has 34 heavy (non-hydrogen) atoms. The molecule has 0 bridgehead atoms. The van der Waals surface area contributed by atoms with Gasteiger partial charge in [-0.1, -0.05) is 49.6 Å². The van der Waals surface area contributed by atoms with Gasteiger partial charge >= 0.3 is 0 Å². The Bertz CT molecular complexity index is 1080. The lowest BCUT2D eigenvalue weighted by atomic mass is 9.94. The third-order valence-corrected chi connectivity index (χ3v) is 7.33. The first-order valence-corrected chi connectivity index (χ1v) is 12.5. The van der Waals surface area contributed by atoms with E-state index in [0.717, 1.165) is 67.5 Å². The van der Waals surface area contributed by atoms with Crippen molar-refractivity contribution in [2.24, 2.45) is 0 Å². The average Bonchev–Trinajstić information content (AvgIpc) is 2.89. The minimum atomic E-state index is -0.552. The molecule has 0 radical (unpaired) electrons. The van der Waals surface area contributed by atoms with E-state index in [9.17, 15) is 5.11 Å². The van der Waals surface area contributed by atoms with E-state index in [1.54, 1.807) is 14.2 Å². The summed E-state index contributed by atoms with van der Waals surface area (Å²) >= 11 is 6.50. The van der Waals surface area contributed by atoms with Gasteiger partial charge in [0.25, 0.3) is 0 Å². The summed E-state index contributed by atoms with van der Waals surface area (Å²) in [5, 5.41) is 14.1.